The summed E-state index contributed by atoms with van der Waals surface area (Å²) in [6, 6.07) is 0.145. The van der Waals surface area contributed by atoms with Gasteiger partial charge >= 0.3 is 0 Å². The highest BCUT2D eigenvalue weighted by molar-refractivity contribution is 5.82. The molecule has 1 saturated heterocycles. The maximum absolute atomic E-state index is 12.1. The average molecular weight is 240 g/mol. The van der Waals surface area contributed by atoms with Gasteiger partial charge < -0.3 is 15.7 Å². The summed E-state index contributed by atoms with van der Waals surface area (Å²) >= 11 is 0. The molecule has 1 aliphatic heterocycles. The first-order valence-corrected chi connectivity index (χ1v) is 6.84. The first-order valence-electron chi connectivity index (χ1n) is 6.84. The van der Waals surface area contributed by atoms with E-state index >= 15 is 0 Å². The van der Waals surface area contributed by atoms with Crippen molar-refractivity contribution < 1.29 is 9.90 Å². The van der Waals surface area contributed by atoms with Crippen molar-refractivity contribution in [2.24, 2.45) is 11.3 Å². The molecule has 0 radical (unpaired) electrons. The lowest BCUT2D eigenvalue weighted by molar-refractivity contribution is -0.124. The number of carbonyl (C=O) groups excluding carboxylic acids is 1. The van der Waals surface area contributed by atoms with Crippen LogP contribution in [0.3, 0.4) is 0 Å². The van der Waals surface area contributed by atoms with Crippen molar-refractivity contribution >= 4 is 5.91 Å². The molecule has 2 aliphatic rings. The Labute approximate surface area is 103 Å². The Kier molecular flexibility index (Phi) is 4.05. The molecule has 1 aliphatic carbocycles. The first-order chi connectivity index (χ1) is 8.22. The van der Waals surface area contributed by atoms with Crippen LogP contribution >= 0.6 is 0 Å². The summed E-state index contributed by atoms with van der Waals surface area (Å²) in [6.45, 7) is 4.31. The molecule has 2 rings (SSSR count). The number of rotatable bonds is 5. The molecule has 2 unspecified atom stereocenters. The van der Waals surface area contributed by atoms with Crippen LogP contribution in [0.4, 0.5) is 0 Å². The van der Waals surface area contributed by atoms with E-state index in [1.165, 1.54) is 0 Å². The zero-order valence-corrected chi connectivity index (χ0v) is 10.7. The lowest BCUT2D eigenvalue weighted by Crippen LogP contribution is -2.38. The van der Waals surface area contributed by atoms with Crippen molar-refractivity contribution in [1.29, 1.82) is 0 Å². The topological polar surface area (TPSA) is 61.4 Å². The summed E-state index contributed by atoms with van der Waals surface area (Å²) in [5.41, 5.74) is 0.312. The molecule has 4 heteroatoms. The van der Waals surface area contributed by atoms with E-state index < -0.39 is 0 Å². The first kappa shape index (κ1) is 12.8. The number of nitrogens with one attached hydrogen (secondary N) is 2. The van der Waals surface area contributed by atoms with Crippen LogP contribution in [-0.2, 0) is 4.79 Å². The number of hydrogen-bond acceptors (Lipinski definition) is 3. The Morgan fingerprint density at radius 2 is 2.24 bits per heavy atom. The van der Waals surface area contributed by atoms with Gasteiger partial charge in [0, 0.05) is 18.6 Å². The van der Waals surface area contributed by atoms with Crippen LogP contribution in [0.1, 0.15) is 39.0 Å². The predicted octanol–water partition coefficient (Wildman–Crippen LogP) is 0.653. The van der Waals surface area contributed by atoms with Gasteiger partial charge in [0.2, 0.25) is 5.91 Å². The van der Waals surface area contributed by atoms with Crippen molar-refractivity contribution in [1.82, 2.24) is 10.6 Å². The third kappa shape index (κ3) is 2.80. The molecule has 0 bridgehead atoms. The Morgan fingerprint density at radius 1 is 1.53 bits per heavy atom. The molecule has 1 saturated carbocycles. The predicted molar refractivity (Wildman–Crippen MR) is 66.6 cm³/mol. The van der Waals surface area contributed by atoms with Crippen molar-refractivity contribution in [2.45, 2.75) is 45.1 Å². The number of aliphatic hydroxyl groups excluding tert-OH is 1. The molecule has 0 aromatic rings. The molecule has 1 amide bonds. The van der Waals surface area contributed by atoms with Gasteiger partial charge in [-0.1, -0.05) is 6.92 Å². The quantitative estimate of drug-likeness (QED) is 0.661. The summed E-state index contributed by atoms with van der Waals surface area (Å²) < 4.78 is 0. The van der Waals surface area contributed by atoms with Crippen LogP contribution in [-0.4, -0.2) is 36.8 Å². The highest BCUT2D eigenvalue weighted by Gasteiger charge is 2.57. The minimum absolute atomic E-state index is 0.145. The van der Waals surface area contributed by atoms with Crippen molar-refractivity contribution in [3.63, 3.8) is 0 Å². The van der Waals surface area contributed by atoms with Gasteiger partial charge in [-0.25, -0.2) is 0 Å². The molecule has 17 heavy (non-hydrogen) atoms. The van der Waals surface area contributed by atoms with Crippen molar-refractivity contribution in [2.75, 3.05) is 19.7 Å². The highest BCUT2D eigenvalue weighted by atomic mass is 16.3. The zero-order valence-electron chi connectivity index (χ0n) is 10.7. The number of piperidine rings is 1. The Morgan fingerprint density at radius 3 is 2.82 bits per heavy atom. The third-order valence-corrected chi connectivity index (χ3v) is 4.42. The van der Waals surface area contributed by atoms with Crippen LogP contribution < -0.4 is 10.6 Å². The molecule has 3 N–H and O–H groups in total. The fraction of sp³-hybridized carbons (Fsp3) is 0.923. The maximum Gasteiger partial charge on any atom is 0.223 e. The van der Waals surface area contributed by atoms with Crippen LogP contribution in [0.5, 0.6) is 0 Å². The number of amides is 1. The summed E-state index contributed by atoms with van der Waals surface area (Å²) in [7, 11) is 0. The van der Waals surface area contributed by atoms with Crippen LogP contribution in [0.15, 0.2) is 0 Å². The van der Waals surface area contributed by atoms with E-state index in [1.54, 1.807) is 0 Å². The zero-order chi connectivity index (χ0) is 12.3. The molecule has 2 fully saturated rings. The molecule has 2 atom stereocenters. The summed E-state index contributed by atoms with van der Waals surface area (Å²) in [4.78, 5) is 12.1. The lowest BCUT2D eigenvalue weighted by Gasteiger charge is -2.24. The molecule has 0 aromatic carbocycles. The Bertz CT molecular complexity index is 275. The van der Waals surface area contributed by atoms with E-state index in [4.69, 9.17) is 5.11 Å². The van der Waals surface area contributed by atoms with Gasteiger partial charge in [0.05, 0.1) is 0 Å². The minimum Gasteiger partial charge on any atom is -0.396 e. The normalized spacial score (nSPS) is 27.8. The van der Waals surface area contributed by atoms with Gasteiger partial charge in [-0.15, -0.1) is 0 Å². The van der Waals surface area contributed by atoms with Gasteiger partial charge in [0.15, 0.2) is 0 Å². The number of carbonyl (C=O) groups is 1. The second-order valence-electron chi connectivity index (χ2n) is 5.50. The smallest absolute Gasteiger partial charge is 0.223 e. The molecular formula is C13H24N2O2. The summed E-state index contributed by atoms with van der Waals surface area (Å²) in [6.07, 6.45) is 4.91. The highest BCUT2D eigenvalue weighted by Crippen LogP contribution is 2.58. The monoisotopic (exact) mass is 240 g/mol. The second-order valence-corrected chi connectivity index (χ2v) is 5.50. The van der Waals surface area contributed by atoms with Crippen molar-refractivity contribution in [3.05, 3.63) is 0 Å². The van der Waals surface area contributed by atoms with Gasteiger partial charge in [-0.3, -0.25) is 4.79 Å². The molecule has 98 valence electrons. The second kappa shape index (κ2) is 5.36. The largest absolute Gasteiger partial charge is 0.396 e. The fourth-order valence-corrected chi connectivity index (χ4v) is 3.03. The van der Waals surface area contributed by atoms with Gasteiger partial charge in [0.25, 0.3) is 0 Å². The van der Waals surface area contributed by atoms with E-state index in [2.05, 4.69) is 10.6 Å². The number of aliphatic hydroxyl groups is 1. The third-order valence-electron chi connectivity index (χ3n) is 4.42. The molecular weight excluding hydrogens is 216 g/mol. The average Bonchev–Trinajstić information content (AvgIpc) is 3.03. The summed E-state index contributed by atoms with van der Waals surface area (Å²) in [5, 5.41) is 15.3. The molecule has 4 nitrogen and oxygen atoms in total. The van der Waals surface area contributed by atoms with E-state index in [9.17, 15) is 4.79 Å². The van der Waals surface area contributed by atoms with Gasteiger partial charge in [0.1, 0.15) is 0 Å². The lowest BCUT2D eigenvalue weighted by atomic mass is 9.91. The SMILES string of the molecule is CCC(CCO)NC(=O)C1CC12CCNCC2. The van der Waals surface area contributed by atoms with Crippen LogP contribution in [0, 0.1) is 11.3 Å². The van der Waals surface area contributed by atoms with Crippen LogP contribution in [0.25, 0.3) is 0 Å². The van der Waals surface area contributed by atoms with Crippen molar-refractivity contribution in [3.8, 4) is 0 Å². The minimum atomic E-state index is 0.145. The van der Waals surface area contributed by atoms with E-state index in [0.29, 0.717) is 11.8 Å². The Balaban J connectivity index is 1.81. The van der Waals surface area contributed by atoms with E-state index in [0.717, 1.165) is 38.8 Å². The Hall–Kier alpha value is -0.610. The van der Waals surface area contributed by atoms with E-state index in [-0.39, 0.29) is 24.5 Å². The molecule has 1 spiro atoms. The van der Waals surface area contributed by atoms with Gasteiger partial charge in [-0.2, -0.15) is 0 Å². The summed E-state index contributed by atoms with van der Waals surface area (Å²) in [5.74, 6) is 0.449. The van der Waals surface area contributed by atoms with E-state index in [1.807, 2.05) is 6.92 Å². The van der Waals surface area contributed by atoms with Crippen LogP contribution in [0.2, 0.25) is 0 Å². The maximum atomic E-state index is 12.1. The van der Waals surface area contributed by atoms with Gasteiger partial charge in [-0.05, 0) is 50.6 Å². The number of hydrogen-bond donors (Lipinski definition) is 3. The standard InChI is InChI=1S/C13H24N2O2/c1-2-10(3-8-16)15-12(17)11-9-13(11)4-6-14-7-5-13/h10-11,14,16H,2-9H2,1H3,(H,15,17). The molecule has 0 aromatic heterocycles. The fourth-order valence-electron chi connectivity index (χ4n) is 3.03. The molecule has 1 heterocycles.